The average Bonchev–Trinajstić information content (AvgIpc) is 3.51. The molecule has 1 fully saturated rings. The second-order valence-corrected chi connectivity index (χ2v) is 8.34. The minimum atomic E-state index is -0.470. The lowest BCUT2D eigenvalue weighted by molar-refractivity contribution is -0.126. The monoisotopic (exact) mass is 415 g/mol. The molecule has 2 atom stereocenters. The van der Waals surface area contributed by atoms with E-state index in [2.05, 4.69) is 32.6 Å². The summed E-state index contributed by atoms with van der Waals surface area (Å²) in [6.45, 7) is 2.21. The first kappa shape index (κ1) is 19.5. The number of hydrogen-bond acceptors (Lipinski definition) is 4. The minimum absolute atomic E-state index is 0.0110. The van der Waals surface area contributed by atoms with E-state index in [1.807, 2.05) is 43.3 Å². The number of amides is 2. The van der Waals surface area contributed by atoms with Crippen LogP contribution in [0.25, 0.3) is 0 Å². The van der Waals surface area contributed by atoms with E-state index >= 15 is 0 Å². The summed E-state index contributed by atoms with van der Waals surface area (Å²) in [5.41, 5.74) is 4.49. The van der Waals surface area contributed by atoms with Crippen molar-refractivity contribution in [2.75, 3.05) is 11.4 Å². The minimum Gasteiger partial charge on any atom is -0.342 e. The van der Waals surface area contributed by atoms with Gasteiger partial charge in [0.1, 0.15) is 11.9 Å². The standard InChI is InChI=1S/C24H25N5O2/c1-15-25-23(28-27-15)22(17-6-3-2-4-7-17)26-24(31)19-13-21(30)29(14-19)20-11-10-16-8-5-9-18(16)12-20/h2-4,6-7,10-12,19,22H,5,8-9,13-14H2,1H3,(H,26,31)(H,25,27,28). The summed E-state index contributed by atoms with van der Waals surface area (Å²) in [5, 5.41) is 10.2. The summed E-state index contributed by atoms with van der Waals surface area (Å²) >= 11 is 0. The van der Waals surface area contributed by atoms with Crippen molar-refractivity contribution in [3.05, 3.63) is 76.9 Å². The highest BCUT2D eigenvalue weighted by atomic mass is 16.2. The second kappa shape index (κ2) is 7.98. The summed E-state index contributed by atoms with van der Waals surface area (Å²) < 4.78 is 0. The van der Waals surface area contributed by atoms with Crippen molar-refractivity contribution in [2.24, 2.45) is 5.92 Å². The molecule has 5 rings (SSSR count). The van der Waals surface area contributed by atoms with Crippen LogP contribution in [0.15, 0.2) is 48.5 Å². The molecule has 0 radical (unpaired) electrons. The van der Waals surface area contributed by atoms with E-state index in [1.54, 1.807) is 4.90 Å². The Balaban J connectivity index is 1.34. The van der Waals surface area contributed by atoms with Gasteiger partial charge in [-0.2, -0.15) is 5.10 Å². The lowest BCUT2D eigenvalue weighted by atomic mass is 10.0. The lowest BCUT2D eigenvalue weighted by Crippen LogP contribution is -2.36. The van der Waals surface area contributed by atoms with E-state index in [0.29, 0.717) is 18.2 Å². The Bertz CT molecular complexity index is 1120. The fourth-order valence-electron chi connectivity index (χ4n) is 4.55. The highest BCUT2D eigenvalue weighted by Crippen LogP contribution is 2.31. The largest absolute Gasteiger partial charge is 0.342 e. The predicted octanol–water partition coefficient (Wildman–Crippen LogP) is 2.86. The van der Waals surface area contributed by atoms with E-state index in [1.165, 1.54) is 17.5 Å². The van der Waals surface area contributed by atoms with Crippen molar-refractivity contribution < 1.29 is 9.59 Å². The van der Waals surface area contributed by atoms with E-state index in [9.17, 15) is 9.59 Å². The maximum atomic E-state index is 13.2. The number of carbonyl (C=O) groups excluding carboxylic acids is 2. The Labute approximate surface area is 180 Å². The third-order valence-corrected chi connectivity index (χ3v) is 6.18. The number of nitrogens with zero attached hydrogens (tertiary/aromatic N) is 3. The van der Waals surface area contributed by atoms with Gasteiger partial charge in [0.25, 0.3) is 0 Å². The van der Waals surface area contributed by atoms with Gasteiger partial charge >= 0.3 is 0 Å². The number of carbonyl (C=O) groups is 2. The van der Waals surface area contributed by atoms with Crippen molar-refractivity contribution in [1.82, 2.24) is 20.5 Å². The summed E-state index contributed by atoms with van der Waals surface area (Å²) in [4.78, 5) is 32.1. The zero-order valence-corrected chi connectivity index (χ0v) is 17.5. The third-order valence-electron chi connectivity index (χ3n) is 6.18. The first-order chi connectivity index (χ1) is 15.1. The zero-order chi connectivity index (χ0) is 21.4. The van der Waals surface area contributed by atoms with Gasteiger partial charge in [-0.05, 0) is 55.0 Å². The zero-order valence-electron chi connectivity index (χ0n) is 17.5. The SMILES string of the molecule is Cc1nc(C(NC(=O)C2CC(=O)N(c3ccc4c(c3)CCC4)C2)c2ccccc2)n[nH]1. The number of H-pyrrole nitrogens is 1. The van der Waals surface area contributed by atoms with Crippen LogP contribution in [-0.4, -0.2) is 33.5 Å². The number of aryl methyl sites for hydroxylation is 3. The van der Waals surface area contributed by atoms with Gasteiger partial charge < -0.3 is 10.2 Å². The van der Waals surface area contributed by atoms with Crippen LogP contribution in [0.3, 0.4) is 0 Å². The number of aromatic amines is 1. The molecule has 1 aliphatic heterocycles. The first-order valence-corrected chi connectivity index (χ1v) is 10.7. The Morgan fingerprint density at radius 1 is 1.16 bits per heavy atom. The molecule has 31 heavy (non-hydrogen) atoms. The maximum Gasteiger partial charge on any atom is 0.227 e. The second-order valence-electron chi connectivity index (χ2n) is 8.34. The third kappa shape index (κ3) is 3.83. The first-order valence-electron chi connectivity index (χ1n) is 10.7. The van der Waals surface area contributed by atoms with E-state index in [-0.39, 0.29) is 18.2 Å². The Morgan fingerprint density at radius 2 is 1.97 bits per heavy atom. The Morgan fingerprint density at radius 3 is 2.74 bits per heavy atom. The van der Waals surface area contributed by atoms with Crippen LogP contribution in [-0.2, 0) is 22.4 Å². The van der Waals surface area contributed by atoms with E-state index < -0.39 is 12.0 Å². The highest BCUT2D eigenvalue weighted by Gasteiger charge is 2.37. The lowest BCUT2D eigenvalue weighted by Gasteiger charge is -2.20. The fraction of sp³-hybridized carbons (Fsp3) is 0.333. The molecular weight excluding hydrogens is 390 g/mol. The smallest absolute Gasteiger partial charge is 0.227 e. The molecule has 7 heteroatoms. The van der Waals surface area contributed by atoms with Crippen LogP contribution in [0.5, 0.6) is 0 Å². The molecule has 0 saturated carbocycles. The molecule has 158 valence electrons. The molecule has 2 unspecified atom stereocenters. The molecule has 3 aromatic rings. The molecule has 1 aromatic heterocycles. The molecular formula is C24H25N5O2. The summed E-state index contributed by atoms with van der Waals surface area (Å²) in [6.07, 6.45) is 3.54. The number of anilines is 1. The highest BCUT2D eigenvalue weighted by molar-refractivity contribution is 6.00. The fourth-order valence-corrected chi connectivity index (χ4v) is 4.55. The number of benzene rings is 2. The van der Waals surface area contributed by atoms with Crippen molar-refractivity contribution in [3.63, 3.8) is 0 Å². The van der Waals surface area contributed by atoms with Crippen LogP contribution in [0.4, 0.5) is 5.69 Å². The Kier molecular flexibility index (Phi) is 5.02. The predicted molar refractivity (Wildman–Crippen MR) is 116 cm³/mol. The molecule has 7 nitrogen and oxygen atoms in total. The number of nitrogens with one attached hydrogen (secondary N) is 2. The van der Waals surface area contributed by atoms with Gasteiger partial charge in [-0.25, -0.2) is 4.98 Å². The normalized spacial score (nSPS) is 18.8. The molecule has 2 aromatic carbocycles. The van der Waals surface area contributed by atoms with Crippen LogP contribution < -0.4 is 10.2 Å². The van der Waals surface area contributed by atoms with Gasteiger partial charge in [0.2, 0.25) is 11.8 Å². The van der Waals surface area contributed by atoms with Crippen molar-refractivity contribution in [3.8, 4) is 0 Å². The molecule has 0 spiro atoms. The maximum absolute atomic E-state index is 13.2. The number of fused-ring (bicyclic) bond motifs is 1. The van der Waals surface area contributed by atoms with E-state index in [4.69, 9.17) is 0 Å². The topological polar surface area (TPSA) is 91.0 Å². The average molecular weight is 415 g/mol. The molecule has 2 N–H and O–H groups in total. The number of aromatic nitrogens is 3. The van der Waals surface area contributed by atoms with Gasteiger partial charge in [-0.15, -0.1) is 0 Å². The van der Waals surface area contributed by atoms with Crippen molar-refractivity contribution >= 4 is 17.5 Å². The quantitative estimate of drug-likeness (QED) is 0.670. The molecule has 2 amide bonds. The summed E-state index contributed by atoms with van der Waals surface area (Å²) in [6, 6.07) is 15.4. The summed E-state index contributed by atoms with van der Waals surface area (Å²) in [5.74, 6) is 0.615. The van der Waals surface area contributed by atoms with Crippen LogP contribution in [0, 0.1) is 12.8 Å². The van der Waals surface area contributed by atoms with E-state index in [0.717, 1.165) is 24.1 Å². The molecule has 1 saturated heterocycles. The van der Waals surface area contributed by atoms with Crippen molar-refractivity contribution in [1.29, 1.82) is 0 Å². The Hall–Kier alpha value is -3.48. The van der Waals surface area contributed by atoms with Gasteiger partial charge in [0.05, 0.1) is 5.92 Å². The van der Waals surface area contributed by atoms with Crippen molar-refractivity contribution in [2.45, 2.75) is 38.6 Å². The van der Waals surface area contributed by atoms with Crippen LogP contribution in [0.2, 0.25) is 0 Å². The molecule has 2 heterocycles. The molecule has 1 aliphatic carbocycles. The summed E-state index contributed by atoms with van der Waals surface area (Å²) in [7, 11) is 0. The molecule has 0 bridgehead atoms. The number of rotatable bonds is 5. The van der Waals surface area contributed by atoms with Gasteiger partial charge in [0, 0.05) is 18.7 Å². The van der Waals surface area contributed by atoms with Crippen LogP contribution >= 0.6 is 0 Å². The van der Waals surface area contributed by atoms with Gasteiger partial charge in [-0.1, -0.05) is 36.4 Å². The van der Waals surface area contributed by atoms with Gasteiger partial charge in [0.15, 0.2) is 5.82 Å². The van der Waals surface area contributed by atoms with Crippen LogP contribution in [0.1, 0.15) is 47.2 Å². The molecule has 2 aliphatic rings. The number of hydrogen-bond donors (Lipinski definition) is 2. The van der Waals surface area contributed by atoms with Gasteiger partial charge in [-0.3, -0.25) is 14.7 Å².